The minimum atomic E-state index is -1.04. The number of ether oxygens (including phenoxy) is 1. The molecule has 1 aliphatic carbocycles. The number of phenols is 1. The lowest BCUT2D eigenvalue weighted by atomic mass is 9.87. The van der Waals surface area contributed by atoms with E-state index in [1.165, 1.54) is 12.1 Å². The van der Waals surface area contributed by atoms with Crippen LogP contribution < -0.4 is 10.6 Å². The summed E-state index contributed by atoms with van der Waals surface area (Å²) in [5, 5.41) is 15.2. The van der Waals surface area contributed by atoms with Crippen LogP contribution in [0.3, 0.4) is 0 Å². The van der Waals surface area contributed by atoms with Gasteiger partial charge in [0, 0.05) is 18.5 Å². The Morgan fingerprint density at radius 2 is 1.76 bits per heavy atom. The number of benzene rings is 2. The molecule has 1 heterocycles. The molecular formula is C27H32N2O5. The van der Waals surface area contributed by atoms with Crippen molar-refractivity contribution in [3.05, 3.63) is 65.2 Å². The average molecular weight is 465 g/mol. The number of nitrogens with one attached hydrogen (secondary N) is 2. The van der Waals surface area contributed by atoms with Crippen LogP contribution in [0.15, 0.2) is 48.5 Å². The van der Waals surface area contributed by atoms with Crippen LogP contribution in [-0.4, -0.2) is 40.9 Å². The first kappa shape index (κ1) is 24.0. The molecule has 2 amide bonds. The first-order valence-electron chi connectivity index (χ1n) is 11.8. The lowest BCUT2D eigenvalue weighted by molar-refractivity contribution is -0.131. The van der Waals surface area contributed by atoms with Gasteiger partial charge in [0.2, 0.25) is 5.91 Å². The van der Waals surface area contributed by atoms with Gasteiger partial charge in [-0.2, -0.15) is 0 Å². The normalized spacial score (nSPS) is 24.0. The molecule has 7 nitrogen and oxygen atoms in total. The first-order valence-corrected chi connectivity index (χ1v) is 11.8. The third kappa shape index (κ3) is 4.71. The van der Waals surface area contributed by atoms with Crippen LogP contribution >= 0.6 is 0 Å². The van der Waals surface area contributed by atoms with Gasteiger partial charge in [-0.25, -0.2) is 0 Å². The molecule has 2 fully saturated rings. The number of aromatic hydroxyl groups is 1. The highest BCUT2D eigenvalue weighted by Crippen LogP contribution is 2.45. The maximum absolute atomic E-state index is 13.3. The third-order valence-corrected chi connectivity index (χ3v) is 6.77. The number of ketones is 1. The van der Waals surface area contributed by atoms with E-state index >= 15 is 0 Å². The third-order valence-electron chi connectivity index (χ3n) is 6.77. The van der Waals surface area contributed by atoms with Crippen LogP contribution in [0.25, 0.3) is 0 Å². The van der Waals surface area contributed by atoms with Gasteiger partial charge in [-0.3, -0.25) is 14.4 Å². The van der Waals surface area contributed by atoms with Crippen LogP contribution in [0.5, 0.6) is 5.75 Å². The molecule has 180 valence electrons. The van der Waals surface area contributed by atoms with Gasteiger partial charge >= 0.3 is 0 Å². The fourth-order valence-corrected chi connectivity index (χ4v) is 4.81. The van der Waals surface area contributed by atoms with E-state index in [0.29, 0.717) is 24.0 Å². The van der Waals surface area contributed by atoms with Crippen molar-refractivity contribution in [2.24, 2.45) is 0 Å². The molecule has 2 aliphatic rings. The van der Waals surface area contributed by atoms with Gasteiger partial charge in [-0.15, -0.1) is 0 Å². The van der Waals surface area contributed by atoms with Crippen molar-refractivity contribution < 1.29 is 24.2 Å². The molecule has 1 saturated heterocycles. The van der Waals surface area contributed by atoms with Gasteiger partial charge < -0.3 is 20.5 Å². The van der Waals surface area contributed by atoms with Crippen molar-refractivity contribution in [1.82, 2.24) is 10.6 Å². The molecule has 3 atom stereocenters. The number of Topliss-reactive ketones (excluding diaryl/α,β-unsaturated/α-hetero) is 1. The molecule has 3 unspecified atom stereocenters. The van der Waals surface area contributed by atoms with Gasteiger partial charge in [0.1, 0.15) is 17.4 Å². The number of hydrogen-bond donors (Lipinski definition) is 3. The van der Waals surface area contributed by atoms with E-state index in [9.17, 15) is 19.5 Å². The number of carbonyl (C=O) groups is 3. The number of rotatable bonds is 6. The average Bonchev–Trinajstić information content (AvgIpc) is 3.30. The van der Waals surface area contributed by atoms with Crippen molar-refractivity contribution in [3.8, 4) is 5.75 Å². The van der Waals surface area contributed by atoms with Crippen molar-refractivity contribution in [2.75, 3.05) is 6.54 Å². The zero-order chi connectivity index (χ0) is 24.5. The molecule has 0 spiro atoms. The highest BCUT2D eigenvalue weighted by Gasteiger charge is 2.59. The molecule has 4 rings (SSSR count). The van der Waals surface area contributed by atoms with Crippen molar-refractivity contribution in [2.45, 2.75) is 69.6 Å². The molecule has 7 heteroatoms. The number of carbonyl (C=O) groups excluding carboxylic acids is 3. The summed E-state index contributed by atoms with van der Waals surface area (Å²) in [6.07, 6.45) is 0.948. The van der Waals surface area contributed by atoms with Crippen LogP contribution in [-0.2, 0) is 19.7 Å². The Hall–Kier alpha value is -3.19. The Kier molecular flexibility index (Phi) is 6.49. The van der Waals surface area contributed by atoms with Gasteiger partial charge in [0.15, 0.2) is 5.78 Å². The summed E-state index contributed by atoms with van der Waals surface area (Å²) in [7, 11) is 0. The Morgan fingerprint density at radius 3 is 2.41 bits per heavy atom. The van der Waals surface area contributed by atoms with E-state index < -0.39 is 11.6 Å². The van der Waals surface area contributed by atoms with Crippen molar-refractivity contribution in [1.29, 1.82) is 0 Å². The maximum Gasteiger partial charge on any atom is 0.251 e. The maximum atomic E-state index is 13.3. The van der Waals surface area contributed by atoms with Crippen LogP contribution in [0.2, 0.25) is 0 Å². The van der Waals surface area contributed by atoms with Crippen LogP contribution in [0.4, 0.5) is 0 Å². The fraction of sp³-hybridized carbons (Fsp3) is 0.444. The highest BCUT2D eigenvalue weighted by atomic mass is 16.5. The number of amides is 2. The first-order chi connectivity index (χ1) is 16.1. The van der Waals surface area contributed by atoms with E-state index in [0.717, 1.165) is 12.0 Å². The summed E-state index contributed by atoms with van der Waals surface area (Å²) in [5.74, 6) is -0.571. The molecule has 1 saturated carbocycles. The molecule has 34 heavy (non-hydrogen) atoms. The lowest BCUT2D eigenvalue weighted by Crippen LogP contribution is -2.56. The van der Waals surface area contributed by atoms with E-state index in [-0.39, 0.29) is 47.8 Å². The van der Waals surface area contributed by atoms with Crippen molar-refractivity contribution in [3.63, 3.8) is 0 Å². The summed E-state index contributed by atoms with van der Waals surface area (Å²) < 4.78 is 6.05. The van der Waals surface area contributed by atoms with Gasteiger partial charge in [0.25, 0.3) is 5.91 Å². The summed E-state index contributed by atoms with van der Waals surface area (Å²) in [6.45, 7) is 6.51. The zero-order valence-electron chi connectivity index (χ0n) is 19.9. The van der Waals surface area contributed by atoms with E-state index in [2.05, 4.69) is 31.4 Å². The molecule has 3 N–H and O–H groups in total. The largest absolute Gasteiger partial charge is 0.508 e. The summed E-state index contributed by atoms with van der Waals surface area (Å²) in [4.78, 5) is 38.5. The molecule has 2 aromatic rings. The van der Waals surface area contributed by atoms with E-state index in [1.807, 2.05) is 12.1 Å². The van der Waals surface area contributed by atoms with Gasteiger partial charge in [-0.05, 0) is 60.1 Å². The molecule has 2 aromatic carbocycles. The SMILES string of the molecule is CC(C)(C)c1ccc(C(=O)NCCC(=O)NC23CCCC2OC(c2ccc(O)cc2)C3=O)cc1. The predicted octanol–water partition coefficient (Wildman–Crippen LogP) is 3.56. The molecule has 0 aromatic heterocycles. The Labute approximate surface area is 199 Å². The highest BCUT2D eigenvalue weighted by molar-refractivity contribution is 5.99. The Balaban J connectivity index is 1.33. The quantitative estimate of drug-likeness (QED) is 0.606. The monoisotopic (exact) mass is 464 g/mol. The second-order valence-corrected chi connectivity index (χ2v) is 10.2. The topological polar surface area (TPSA) is 105 Å². The van der Waals surface area contributed by atoms with Gasteiger partial charge in [-0.1, -0.05) is 45.0 Å². The van der Waals surface area contributed by atoms with E-state index in [1.54, 1.807) is 24.3 Å². The minimum Gasteiger partial charge on any atom is -0.508 e. The smallest absolute Gasteiger partial charge is 0.251 e. The lowest BCUT2D eigenvalue weighted by Gasteiger charge is -2.27. The van der Waals surface area contributed by atoms with Crippen LogP contribution in [0.1, 0.15) is 74.0 Å². The fourth-order valence-electron chi connectivity index (χ4n) is 4.81. The standard InChI is InChI=1S/C27H32N2O5/c1-26(2,3)19-10-6-18(7-11-19)25(33)28-16-14-22(31)29-27-15-4-5-21(27)34-23(24(27)32)17-8-12-20(30)13-9-17/h6-13,21,23,30H,4-5,14-16H2,1-3H3,(H,28,33)(H,29,31). The predicted molar refractivity (Wildman–Crippen MR) is 128 cm³/mol. The summed E-state index contributed by atoms with van der Waals surface area (Å²) in [6, 6.07) is 13.8. The molecule has 1 aliphatic heterocycles. The number of phenolic OH excluding ortho intramolecular Hbond substituents is 1. The van der Waals surface area contributed by atoms with E-state index in [4.69, 9.17) is 4.74 Å². The minimum absolute atomic E-state index is 0.00723. The Bertz CT molecular complexity index is 1070. The van der Waals surface area contributed by atoms with Gasteiger partial charge in [0.05, 0.1) is 6.10 Å². The van der Waals surface area contributed by atoms with Crippen molar-refractivity contribution >= 4 is 17.6 Å². The van der Waals surface area contributed by atoms with Crippen LogP contribution in [0, 0.1) is 0 Å². The molecule has 0 bridgehead atoms. The Morgan fingerprint density at radius 1 is 1.09 bits per heavy atom. The number of fused-ring (bicyclic) bond motifs is 1. The number of hydrogen-bond acceptors (Lipinski definition) is 5. The molecule has 0 radical (unpaired) electrons. The zero-order valence-corrected chi connectivity index (χ0v) is 19.9. The summed E-state index contributed by atoms with van der Waals surface area (Å²) >= 11 is 0. The second-order valence-electron chi connectivity index (χ2n) is 10.2. The summed E-state index contributed by atoms with van der Waals surface area (Å²) in [5.41, 5.74) is 1.32. The molecular weight excluding hydrogens is 432 g/mol. The second kappa shape index (κ2) is 9.22.